The number of carbonyl (C=O) groups is 1. The highest BCUT2D eigenvalue weighted by atomic mass is 16.1. The average molecular weight is 153 g/mol. The van der Waals surface area contributed by atoms with Crippen LogP contribution in [0.1, 0.15) is 6.42 Å². The lowest BCUT2D eigenvalue weighted by atomic mass is 10.0. The number of primary amides is 1. The van der Waals surface area contributed by atoms with E-state index in [1.807, 2.05) is 0 Å². The molecule has 0 saturated heterocycles. The van der Waals surface area contributed by atoms with E-state index in [1.165, 1.54) is 0 Å². The van der Waals surface area contributed by atoms with Gasteiger partial charge in [0.25, 0.3) is 0 Å². The van der Waals surface area contributed by atoms with Crippen LogP contribution in [0.5, 0.6) is 0 Å². The minimum atomic E-state index is -0.791. The molecule has 1 aliphatic heterocycles. The molecule has 0 aromatic carbocycles. The van der Waals surface area contributed by atoms with Gasteiger partial charge in [-0.1, -0.05) is 6.08 Å². The highest BCUT2D eigenvalue weighted by Gasteiger charge is 2.22. The Morgan fingerprint density at radius 1 is 1.55 bits per heavy atom. The number of carbonyl (C=O) groups excluding carboxylic acids is 1. The van der Waals surface area contributed by atoms with Crippen LogP contribution in [-0.2, 0) is 4.79 Å². The largest absolute Gasteiger partial charge is 0.370 e. The van der Waals surface area contributed by atoms with Crippen molar-refractivity contribution in [3.63, 3.8) is 0 Å². The summed E-state index contributed by atoms with van der Waals surface area (Å²) in [6.45, 7) is 0. The van der Waals surface area contributed by atoms with Crippen LogP contribution in [0.2, 0.25) is 0 Å². The molecule has 1 rings (SSSR count). The van der Waals surface area contributed by atoms with Crippen LogP contribution in [-0.4, -0.2) is 11.6 Å². The van der Waals surface area contributed by atoms with Crippen molar-refractivity contribution in [2.75, 3.05) is 0 Å². The number of hydrogen-bond acceptors (Lipinski definition) is 3. The lowest BCUT2D eigenvalue weighted by Gasteiger charge is -2.26. The maximum Gasteiger partial charge on any atom is 0.221 e. The van der Waals surface area contributed by atoms with Crippen LogP contribution in [0, 0.1) is 0 Å². The van der Waals surface area contributed by atoms with E-state index in [0.717, 1.165) is 0 Å². The van der Waals surface area contributed by atoms with Crippen molar-refractivity contribution >= 4 is 5.91 Å². The van der Waals surface area contributed by atoms with Crippen molar-refractivity contribution in [2.45, 2.75) is 12.1 Å². The Balaban J connectivity index is 2.61. The summed E-state index contributed by atoms with van der Waals surface area (Å²) >= 11 is 0. The number of allylic oxidation sites excluding steroid dienone is 2. The number of rotatable bonds is 2. The Morgan fingerprint density at radius 3 is 2.73 bits per heavy atom. The number of hydrogen-bond donors (Lipinski definition) is 3. The summed E-state index contributed by atoms with van der Waals surface area (Å²) in [7, 11) is 0. The van der Waals surface area contributed by atoms with Crippen molar-refractivity contribution in [2.24, 2.45) is 11.5 Å². The second-order valence-electron chi connectivity index (χ2n) is 2.55. The first kappa shape index (κ1) is 7.81. The van der Waals surface area contributed by atoms with E-state index >= 15 is 0 Å². The molecule has 1 aliphatic rings. The Hall–Kier alpha value is -1.29. The SMILES string of the molecule is NC(=O)CC1(N)C=CC=CN1. The number of dihydropyridines is 1. The van der Waals surface area contributed by atoms with E-state index in [-0.39, 0.29) is 6.42 Å². The summed E-state index contributed by atoms with van der Waals surface area (Å²) < 4.78 is 0. The molecule has 1 atom stereocenters. The Labute approximate surface area is 64.9 Å². The molecule has 11 heavy (non-hydrogen) atoms. The first-order chi connectivity index (χ1) is 5.12. The average Bonchev–Trinajstić information content (AvgIpc) is 1.85. The molecule has 4 heteroatoms. The lowest BCUT2D eigenvalue weighted by Crippen LogP contribution is -2.52. The van der Waals surface area contributed by atoms with Gasteiger partial charge in [0.15, 0.2) is 0 Å². The van der Waals surface area contributed by atoms with Gasteiger partial charge in [0.1, 0.15) is 5.66 Å². The smallest absolute Gasteiger partial charge is 0.221 e. The first-order valence-corrected chi connectivity index (χ1v) is 3.32. The summed E-state index contributed by atoms with van der Waals surface area (Å²) in [4.78, 5) is 10.5. The molecular formula is C7H11N3O. The second-order valence-corrected chi connectivity index (χ2v) is 2.55. The number of nitrogens with one attached hydrogen (secondary N) is 1. The molecule has 0 saturated carbocycles. The zero-order valence-corrected chi connectivity index (χ0v) is 6.08. The van der Waals surface area contributed by atoms with Gasteiger partial charge in [0, 0.05) is 0 Å². The zero-order valence-electron chi connectivity index (χ0n) is 6.08. The van der Waals surface area contributed by atoms with Crippen LogP contribution < -0.4 is 16.8 Å². The number of amides is 1. The van der Waals surface area contributed by atoms with E-state index in [2.05, 4.69) is 5.32 Å². The van der Waals surface area contributed by atoms with E-state index in [0.29, 0.717) is 0 Å². The third-order valence-electron chi connectivity index (χ3n) is 1.42. The second kappa shape index (κ2) is 2.75. The maximum atomic E-state index is 10.5. The van der Waals surface area contributed by atoms with E-state index in [4.69, 9.17) is 11.5 Å². The molecule has 0 fully saturated rings. The van der Waals surface area contributed by atoms with Gasteiger partial charge in [0.2, 0.25) is 5.91 Å². The van der Waals surface area contributed by atoms with E-state index in [1.54, 1.807) is 24.4 Å². The molecule has 0 aliphatic carbocycles. The third-order valence-corrected chi connectivity index (χ3v) is 1.42. The number of nitrogens with two attached hydrogens (primary N) is 2. The molecule has 60 valence electrons. The third kappa shape index (κ3) is 2.09. The van der Waals surface area contributed by atoms with Crippen LogP contribution in [0.25, 0.3) is 0 Å². The van der Waals surface area contributed by atoms with Crippen LogP contribution in [0.3, 0.4) is 0 Å². The molecule has 1 heterocycles. The predicted octanol–water partition coefficient (Wildman–Crippen LogP) is -0.810. The fourth-order valence-corrected chi connectivity index (χ4v) is 0.932. The van der Waals surface area contributed by atoms with E-state index in [9.17, 15) is 4.79 Å². The fraction of sp³-hybridized carbons (Fsp3) is 0.286. The first-order valence-electron chi connectivity index (χ1n) is 3.32. The fourth-order valence-electron chi connectivity index (χ4n) is 0.932. The minimum absolute atomic E-state index is 0.105. The van der Waals surface area contributed by atoms with Crippen molar-refractivity contribution in [3.8, 4) is 0 Å². The molecule has 5 N–H and O–H groups in total. The summed E-state index contributed by atoms with van der Waals surface area (Å²) in [6.07, 6.45) is 7.07. The minimum Gasteiger partial charge on any atom is -0.370 e. The Kier molecular flexibility index (Phi) is 1.96. The molecule has 0 aromatic rings. The molecule has 1 amide bonds. The van der Waals surface area contributed by atoms with Gasteiger partial charge in [-0.2, -0.15) is 0 Å². The van der Waals surface area contributed by atoms with E-state index < -0.39 is 11.6 Å². The normalized spacial score (nSPS) is 28.1. The lowest BCUT2D eigenvalue weighted by molar-refractivity contribution is -0.118. The van der Waals surface area contributed by atoms with Gasteiger partial charge < -0.3 is 16.8 Å². The topological polar surface area (TPSA) is 81.1 Å². The Morgan fingerprint density at radius 2 is 2.27 bits per heavy atom. The standard InChI is InChI=1S/C7H11N3O/c8-6(11)5-7(9)3-1-2-4-10-7/h1-4,10H,5,9H2,(H2,8,11). The van der Waals surface area contributed by atoms with Crippen LogP contribution >= 0.6 is 0 Å². The molecule has 0 bridgehead atoms. The van der Waals surface area contributed by atoms with Gasteiger partial charge in [-0.15, -0.1) is 0 Å². The van der Waals surface area contributed by atoms with Crippen LogP contribution in [0.4, 0.5) is 0 Å². The van der Waals surface area contributed by atoms with Crippen molar-refractivity contribution in [3.05, 3.63) is 24.4 Å². The van der Waals surface area contributed by atoms with Crippen LogP contribution in [0.15, 0.2) is 24.4 Å². The molecule has 0 spiro atoms. The summed E-state index contributed by atoms with van der Waals surface area (Å²) in [5.74, 6) is -0.417. The van der Waals surface area contributed by atoms with Crippen molar-refractivity contribution < 1.29 is 4.79 Å². The summed E-state index contributed by atoms with van der Waals surface area (Å²) in [5, 5.41) is 2.84. The molecular weight excluding hydrogens is 142 g/mol. The summed E-state index contributed by atoms with van der Waals surface area (Å²) in [5.41, 5.74) is 9.91. The van der Waals surface area contributed by atoms with Crippen molar-refractivity contribution in [1.82, 2.24) is 5.32 Å². The highest BCUT2D eigenvalue weighted by Crippen LogP contribution is 2.07. The predicted molar refractivity (Wildman–Crippen MR) is 42.1 cm³/mol. The molecule has 4 nitrogen and oxygen atoms in total. The van der Waals surface area contributed by atoms with Crippen molar-refractivity contribution in [1.29, 1.82) is 0 Å². The molecule has 1 unspecified atom stereocenters. The summed E-state index contributed by atoms with van der Waals surface area (Å²) in [6, 6.07) is 0. The monoisotopic (exact) mass is 153 g/mol. The van der Waals surface area contributed by atoms with Gasteiger partial charge in [-0.25, -0.2) is 0 Å². The quantitative estimate of drug-likeness (QED) is 0.485. The highest BCUT2D eigenvalue weighted by molar-refractivity contribution is 5.75. The molecule has 0 radical (unpaired) electrons. The zero-order chi connectivity index (χ0) is 8.32. The van der Waals surface area contributed by atoms with Gasteiger partial charge in [-0.05, 0) is 18.4 Å². The van der Waals surface area contributed by atoms with Gasteiger partial charge in [-0.3, -0.25) is 4.79 Å². The van der Waals surface area contributed by atoms with Gasteiger partial charge in [0.05, 0.1) is 6.42 Å². The Bertz CT molecular complexity index is 222. The van der Waals surface area contributed by atoms with Gasteiger partial charge >= 0.3 is 0 Å². The molecule has 0 aromatic heterocycles. The maximum absolute atomic E-state index is 10.5.